The molecule has 0 saturated heterocycles. The highest BCUT2D eigenvalue weighted by atomic mass is 16.3. The summed E-state index contributed by atoms with van der Waals surface area (Å²) in [4.78, 5) is 12.1. The fourth-order valence-electron chi connectivity index (χ4n) is 3.26. The molecule has 1 aliphatic carbocycles. The summed E-state index contributed by atoms with van der Waals surface area (Å²) in [6.45, 7) is 5.00. The van der Waals surface area contributed by atoms with E-state index in [-0.39, 0.29) is 5.75 Å². The first-order chi connectivity index (χ1) is 13.1. The zero-order chi connectivity index (χ0) is 18.8. The lowest BCUT2D eigenvalue weighted by Crippen LogP contribution is -2.06. The molecule has 1 unspecified atom stereocenters. The molecule has 5 nitrogen and oxygen atoms in total. The molecule has 3 aromatic rings. The highest BCUT2D eigenvalue weighted by Crippen LogP contribution is 2.28. The second kappa shape index (κ2) is 7.11. The predicted molar refractivity (Wildman–Crippen MR) is 110 cm³/mol. The van der Waals surface area contributed by atoms with Crippen molar-refractivity contribution in [1.29, 1.82) is 0 Å². The molecule has 2 aromatic heterocycles. The van der Waals surface area contributed by atoms with E-state index in [9.17, 15) is 5.11 Å². The molecule has 1 aliphatic rings. The Morgan fingerprint density at radius 3 is 2.81 bits per heavy atom. The largest absolute Gasteiger partial charge is 0.508 e. The maximum atomic E-state index is 9.48. The summed E-state index contributed by atoms with van der Waals surface area (Å²) < 4.78 is 0. The Bertz CT molecular complexity index is 1060. The molecule has 2 heterocycles. The van der Waals surface area contributed by atoms with Crippen molar-refractivity contribution in [3.8, 4) is 17.0 Å². The number of aromatic nitrogens is 3. The maximum Gasteiger partial charge on any atom is 0.143 e. The van der Waals surface area contributed by atoms with E-state index >= 15 is 0 Å². The Labute approximate surface area is 158 Å². The molecular formula is C22H22N4O. The molecule has 4 rings (SSSR count). The van der Waals surface area contributed by atoms with E-state index in [4.69, 9.17) is 0 Å². The summed E-state index contributed by atoms with van der Waals surface area (Å²) in [5.74, 6) is 1.47. The third kappa shape index (κ3) is 3.77. The van der Waals surface area contributed by atoms with Crippen molar-refractivity contribution in [3.63, 3.8) is 0 Å². The number of hydrogen-bond acceptors (Lipinski definition) is 4. The highest BCUT2D eigenvalue weighted by Gasteiger charge is 2.10. The number of anilines is 1. The van der Waals surface area contributed by atoms with E-state index in [2.05, 4.69) is 58.4 Å². The van der Waals surface area contributed by atoms with Crippen molar-refractivity contribution < 1.29 is 5.11 Å². The molecule has 1 aromatic carbocycles. The van der Waals surface area contributed by atoms with Crippen LogP contribution >= 0.6 is 0 Å². The van der Waals surface area contributed by atoms with Gasteiger partial charge in [0.1, 0.15) is 23.5 Å². The molecule has 136 valence electrons. The summed E-state index contributed by atoms with van der Waals surface area (Å²) in [6, 6.07) is 9.14. The lowest BCUT2D eigenvalue weighted by Gasteiger charge is -2.08. The van der Waals surface area contributed by atoms with E-state index in [1.165, 1.54) is 11.1 Å². The van der Waals surface area contributed by atoms with Gasteiger partial charge in [-0.15, -0.1) is 0 Å². The summed E-state index contributed by atoms with van der Waals surface area (Å²) >= 11 is 0. The standard InChI is InChI=1S/C22H22N4O/c1-14-3-4-15(2)10-16(9-14)12-23-21-19-11-20(26-22(19)25-13-24-21)17-5-7-18(27)8-6-17/h3-11,13-14,27H,12H2,1-2H3,(H2,23,24,25,26). The lowest BCUT2D eigenvalue weighted by atomic mass is 10.1. The number of H-pyrrole nitrogens is 1. The minimum Gasteiger partial charge on any atom is -0.508 e. The molecule has 27 heavy (non-hydrogen) atoms. The molecule has 0 aliphatic heterocycles. The molecule has 0 radical (unpaired) electrons. The molecule has 0 bridgehead atoms. The minimum absolute atomic E-state index is 0.251. The molecule has 0 fully saturated rings. The number of allylic oxidation sites excluding steroid dienone is 4. The molecule has 0 amide bonds. The molecule has 1 atom stereocenters. The quantitative estimate of drug-likeness (QED) is 0.625. The van der Waals surface area contributed by atoms with Crippen LogP contribution in [0.4, 0.5) is 5.82 Å². The smallest absolute Gasteiger partial charge is 0.143 e. The van der Waals surface area contributed by atoms with E-state index in [1.54, 1.807) is 18.5 Å². The average molecular weight is 358 g/mol. The Morgan fingerprint density at radius 1 is 1.19 bits per heavy atom. The van der Waals surface area contributed by atoms with Crippen molar-refractivity contribution in [3.05, 3.63) is 72.1 Å². The number of fused-ring (bicyclic) bond motifs is 1. The van der Waals surface area contributed by atoms with Crippen molar-refractivity contribution in [2.75, 3.05) is 11.9 Å². The topological polar surface area (TPSA) is 73.8 Å². The van der Waals surface area contributed by atoms with Crippen LogP contribution in [0.15, 0.2) is 72.1 Å². The van der Waals surface area contributed by atoms with Crippen molar-refractivity contribution in [2.45, 2.75) is 13.8 Å². The van der Waals surface area contributed by atoms with Gasteiger partial charge in [0.15, 0.2) is 0 Å². The number of nitrogens with zero attached hydrogens (tertiary/aromatic N) is 2. The van der Waals surface area contributed by atoms with Crippen LogP contribution in [0, 0.1) is 5.92 Å². The van der Waals surface area contributed by atoms with Gasteiger partial charge in [0.25, 0.3) is 0 Å². The lowest BCUT2D eigenvalue weighted by molar-refractivity contribution is 0.475. The van der Waals surface area contributed by atoms with Gasteiger partial charge in [0.05, 0.1) is 5.39 Å². The third-order valence-electron chi connectivity index (χ3n) is 4.62. The Kier molecular flexibility index (Phi) is 4.50. The van der Waals surface area contributed by atoms with Crippen LogP contribution in [0.2, 0.25) is 0 Å². The van der Waals surface area contributed by atoms with E-state index in [0.29, 0.717) is 12.5 Å². The van der Waals surface area contributed by atoms with E-state index < -0.39 is 0 Å². The highest BCUT2D eigenvalue weighted by molar-refractivity contribution is 5.91. The monoisotopic (exact) mass is 358 g/mol. The van der Waals surface area contributed by atoms with Gasteiger partial charge in [-0.3, -0.25) is 0 Å². The van der Waals surface area contributed by atoms with E-state index in [0.717, 1.165) is 28.1 Å². The molecular weight excluding hydrogens is 336 g/mol. The third-order valence-corrected chi connectivity index (χ3v) is 4.62. The first-order valence-electron chi connectivity index (χ1n) is 9.03. The second-order valence-corrected chi connectivity index (χ2v) is 6.92. The zero-order valence-corrected chi connectivity index (χ0v) is 15.4. The Morgan fingerprint density at radius 2 is 2.00 bits per heavy atom. The van der Waals surface area contributed by atoms with E-state index in [1.807, 2.05) is 18.2 Å². The normalized spacial score (nSPS) is 16.7. The van der Waals surface area contributed by atoms with Crippen LogP contribution in [0.5, 0.6) is 5.75 Å². The van der Waals surface area contributed by atoms with Gasteiger partial charge in [-0.1, -0.05) is 36.8 Å². The first kappa shape index (κ1) is 17.1. The minimum atomic E-state index is 0.251. The zero-order valence-electron chi connectivity index (χ0n) is 15.4. The number of hydrogen-bond donors (Lipinski definition) is 3. The molecule has 0 saturated carbocycles. The number of phenolic OH excluding ortho intramolecular Hbond substituents is 1. The molecule has 3 N–H and O–H groups in total. The van der Waals surface area contributed by atoms with Crippen LogP contribution in [-0.4, -0.2) is 26.6 Å². The fraction of sp³-hybridized carbons (Fsp3) is 0.182. The Hall–Kier alpha value is -3.34. The van der Waals surface area contributed by atoms with Crippen molar-refractivity contribution in [1.82, 2.24) is 15.0 Å². The first-order valence-corrected chi connectivity index (χ1v) is 9.03. The SMILES string of the molecule is CC1=CC(CNc2ncnc3[nH]c(-c4ccc(O)cc4)cc23)=CC(C)C=C1. The van der Waals surface area contributed by atoms with Gasteiger partial charge < -0.3 is 15.4 Å². The number of phenols is 1. The van der Waals surface area contributed by atoms with Gasteiger partial charge >= 0.3 is 0 Å². The van der Waals surface area contributed by atoms with Gasteiger partial charge in [-0.2, -0.15) is 0 Å². The summed E-state index contributed by atoms with van der Waals surface area (Å²) in [5, 5.41) is 13.9. The van der Waals surface area contributed by atoms with Crippen LogP contribution in [-0.2, 0) is 0 Å². The van der Waals surface area contributed by atoms with Crippen molar-refractivity contribution >= 4 is 16.9 Å². The number of nitrogens with one attached hydrogen (secondary N) is 2. The van der Waals surface area contributed by atoms with Crippen LogP contribution in [0.1, 0.15) is 13.8 Å². The van der Waals surface area contributed by atoms with Gasteiger partial charge in [-0.25, -0.2) is 9.97 Å². The fourth-order valence-corrected chi connectivity index (χ4v) is 3.26. The number of aromatic amines is 1. The predicted octanol–water partition coefficient (Wildman–Crippen LogP) is 4.82. The van der Waals surface area contributed by atoms with Crippen LogP contribution in [0.3, 0.4) is 0 Å². The number of benzene rings is 1. The summed E-state index contributed by atoms with van der Waals surface area (Å²) in [7, 11) is 0. The molecule has 0 spiro atoms. The maximum absolute atomic E-state index is 9.48. The average Bonchev–Trinajstić information content (AvgIpc) is 3.02. The van der Waals surface area contributed by atoms with Crippen LogP contribution < -0.4 is 5.32 Å². The number of aromatic hydroxyl groups is 1. The van der Waals surface area contributed by atoms with Gasteiger partial charge in [0, 0.05) is 12.2 Å². The Balaban J connectivity index is 1.61. The number of rotatable bonds is 4. The molecule has 5 heteroatoms. The van der Waals surface area contributed by atoms with Crippen molar-refractivity contribution in [2.24, 2.45) is 5.92 Å². The second-order valence-electron chi connectivity index (χ2n) is 6.92. The summed E-state index contributed by atoms with van der Waals surface area (Å²) in [5.41, 5.74) is 5.20. The summed E-state index contributed by atoms with van der Waals surface area (Å²) in [6.07, 6.45) is 10.4. The van der Waals surface area contributed by atoms with Gasteiger partial charge in [-0.05, 0) is 54.3 Å². The van der Waals surface area contributed by atoms with Crippen LogP contribution in [0.25, 0.3) is 22.3 Å². The van der Waals surface area contributed by atoms with Gasteiger partial charge in [0.2, 0.25) is 0 Å².